The van der Waals surface area contributed by atoms with Gasteiger partial charge < -0.3 is 24.5 Å². The second kappa shape index (κ2) is 8.43. The van der Waals surface area contributed by atoms with Crippen LogP contribution in [-0.2, 0) is 4.79 Å². The maximum absolute atomic E-state index is 12.8. The smallest absolute Gasteiger partial charge is 0.238 e. The molecule has 5 rings (SSSR count). The minimum Gasteiger partial charge on any atom is -0.506 e. The summed E-state index contributed by atoms with van der Waals surface area (Å²) in [4.78, 5) is 17.0. The van der Waals surface area contributed by atoms with Crippen LogP contribution in [-0.4, -0.2) is 55.7 Å². The molecule has 1 aliphatic heterocycles. The summed E-state index contributed by atoms with van der Waals surface area (Å²) in [5.41, 5.74) is 2.94. The van der Waals surface area contributed by atoms with Crippen molar-refractivity contribution in [2.24, 2.45) is 0 Å². The van der Waals surface area contributed by atoms with Crippen LogP contribution in [0.5, 0.6) is 11.5 Å². The molecule has 164 valence electrons. The number of fused-ring (bicyclic) bond motifs is 3. The third kappa shape index (κ3) is 3.83. The van der Waals surface area contributed by atoms with Gasteiger partial charge in [0.25, 0.3) is 0 Å². The fourth-order valence-electron chi connectivity index (χ4n) is 4.29. The molecular formula is C25H25N3O4. The van der Waals surface area contributed by atoms with Crippen molar-refractivity contribution in [3.63, 3.8) is 0 Å². The van der Waals surface area contributed by atoms with Gasteiger partial charge in [0.1, 0.15) is 22.7 Å². The topological polar surface area (TPSA) is 78.2 Å². The third-order valence-corrected chi connectivity index (χ3v) is 5.93. The van der Waals surface area contributed by atoms with Crippen LogP contribution in [0.4, 0.5) is 11.4 Å². The lowest BCUT2D eigenvalue weighted by molar-refractivity contribution is -0.117. The van der Waals surface area contributed by atoms with E-state index in [1.165, 1.54) is 0 Å². The van der Waals surface area contributed by atoms with Crippen LogP contribution in [0.3, 0.4) is 0 Å². The molecule has 0 atom stereocenters. The molecule has 2 N–H and O–H groups in total. The number of methoxy groups -OCH3 is 1. The van der Waals surface area contributed by atoms with E-state index in [2.05, 4.69) is 15.1 Å². The average Bonchev–Trinajstić information content (AvgIpc) is 3.17. The summed E-state index contributed by atoms with van der Waals surface area (Å²) in [5, 5.41) is 15.0. The fraction of sp³-hybridized carbons (Fsp3) is 0.240. The standard InChI is InChI=1S/C25H25N3O4/c1-31-24-14-18-17-6-2-5-9-22(17)32-23(18)15-19(24)26-25(30)16-27-10-12-28(13-11-27)20-7-3-4-8-21(20)29/h2-9,14-15,29H,10-13,16H2,1H3,(H,26,30). The van der Waals surface area contributed by atoms with Gasteiger partial charge in [-0.05, 0) is 24.3 Å². The lowest BCUT2D eigenvalue weighted by atomic mass is 10.1. The minimum atomic E-state index is -0.102. The van der Waals surface area contributed by atoms with Crippen LogP contribution in [0.15, 0.2) is 65.1 Å². The largest absolute Gasteiger partial charge is 0.506 e. The first-order valence-corrected chi connectivity index (χ1v) is 10.7. The van der Waals surface area contributed by atoms with E-state index >= 15 is 0 Å². The summed E-state index contributed by atoms with van der Waals surface area (Å²) in [6.07, 6.45) is 0. The van der Waals surface area contributed by atoms with Crippen molar-refractivity contribution in [2.45, 2.75) is 0 Å². The average molecular weight is 431 g/mol. The normalized spacial score (nSPS) is 14.7. The Morgan fingerprint density at radius 3 is 2.53 bits per heavy atom. The van der Waals surface area contributed by atoms with Crippen molar-refractivity contribution in [2.75, 3.05) is 50.1 Å². The van der Waals surface area contributed by atoms with E-state index in [1.807, 2.05) is 54.6 Å². The molecule has 32 heavy (non-hydrogen) atoms. The minimum absolute atomic E-state index is 0.102. The third-order valence-electron chi connectivity index (χ3n) is 5.93. The second-order valence-electron chi connectivity index (χ2n) is 7.95. The lowest BCUT2D eigenvalue weighted by Gasteiger charge is -2.35. The molecule has 0 unspecified atom stereocenters. The molecule has 0 aliphatic carbocycles. The Hall–Kier alpha value is -3.71. The molecule has 0 spiro atoms. The number of aromatic hydroxyl groups is 1. The van der Waals surface area contributed by atoms with Crippen LogP contribution >= 0.6 is 0 Å². The van der Waals surface area contributed by atoms with E-state index in [4.69, 9.17) is 9.15 Å². The highest BCUT2D eigenvalue weighted by molar-refractivity contribution is 6.07. The van der Waals surface area contributed by atoms with Crippen LogP contribution < -0.4 is 15.0 Å². The monoisotopic (exact) mass is 431 g/mol. The summed E-state index contributed by atoms with van der Waals surface area (Å²) >= 11 is 0. The molecule has 7 nitrogen and oxygen atoms in total. The van der Waals surface area contributed by atoms with Crippen molar-refractivity contribution in [1.29, 1.82) is 0 Å². The molecule has 7 heteroatoms. The quantitative estimate of drug-likeness (QED) is 0.496. The van der Waals surface area contributed by atoms with E-state index in [0.717, 1.165) is 48.2 Å². The second-order valence-corrected chi connectivity index (χ2v) is 7.95. The number of rotatable bonds is 5. The van der Waals surface area contributed by atoms with Gasteiger partial charge in [0, 0.05) is 43.0 Å². The zero-order valence-electron chi connectivity index (χ0n) is 17.9. The number of ether oxygens (including phenoxy) is 1. The van der Waals surface area contributed by atoms with Gasteiger partial charge in [0.05, 0.1) is 25.0 Å². The van der Waals surface area contributed by atoms with E-state index in [0.29, 0.717) is 17.0 Å². The Bertz CT molecular complexity index is 1270. The number of nitrogens with one attached hydrogen (secondary N) is 1. The SMILES string of the molecule is COc1cc2c(cc1NC(=O)CN1CCN(c3ccccc3O)CC1)oc1ccccc12. The predicted molar refractivity (Wildman–Crippen MR) is 126 cm³/mol. The summed E-state index contributed by atoms with van der Waals surface area (Å²) in [6.45, 7) is 3.26. The van der Waals surface area contributed by atoms with Crippen molar-refractivity contribution >= 4 is 39.2 Å². The summed E-state index contributed by atoms with van der Waals surface area (Å²) < 4.78 is 11.5. The number of phenolic OH excluding ortho intramolecular Hbond substituents is 1. The van der Waals surface area contributed by atoms with Gasteiger partial charge in [0.2, 0.25) is 5.91 Å². The number of furan rings is 1. The van der Waals surface area contributed by atoms with Gasteiger partial charge in [-0.15, -0.1) is 0 Å². The van der Waals surface area contributed by atoms with E-state index in [9.17, 15) is 9.90 Å². The van der Waals surface area contributed by atoms with Crippen LogP contribution in [0.25, 0.3) is 21.9 Å². The molecule has 3 aromatic carbocycles. The highest BCUT2D eigenvalue weighted by Gasteiger charge is 2.21. The first-order valence-electron chi connectivity index (χ1n) is 10.7. The van der Waals surface area contributed by atoms with E-state index < -0.39 is 0 Å². The van der Waals surface area contributed by atoms with Gasteiger partial charge in [-0.25, -0.2) is 0 Å². The Labute approximate surface area is 185 Å². The van der Waals surface area contributed by atoms with Crippen LogP contribution in [0.1, 0.15) is 0 Å². The Kier molecular flexibility index (Phi) is 5.33. The molecule has 1 aromatic heterocycles. The predicted octanol–water partition coefficient (Wildman–Crippen LogP) is 4.06. The Balaban J connectivity index is 1.26. The summed E-state index contributed by atoms with van der Waals surface area (Å²) in [5.74, 6) is 0.781. The molecule has 0 bridgehead atoms. The highest BCUT2D eigenvalue weighted by Crippen LogP contribution is 2.36. The Morgan fingerprint density at radius 2 is 1.75 bits per heavy atom. The number of hydrogen-bond donors (Lipinski definition) is 2. The first-order chi connectivity index (χ1) is 15.6. The number of carbonyl (C=O) groups excluding carboxylic acids is 1. The zero-order valence-corrected chi connectivity index (χ0v) is 17.9. The first kappa shape index (κ1) is 20.2. The molecule has 1 saturated heterocycles. The molecule has 0 radical (unpaired) electrons. The molecule has 1 fully saturated rings. The van der Waals surface area contributed by atoms with Crippen LogP contribution in [0, 0.1) is 0 Å². The van der Waals surface area contributed by atoms with Gasteiger partial charge in [-0.2, -0.15) is 0 Å². The molecule has 4 aromatic rings. The number of hydrogen-bond acceptors (Lipinski definition) is 6. The lowest BCUT2D eigenvalue weighted by Crippen LogP contribution is -2.48. The molecule has 1 aliphatic rings. The summed E-state index contributed by atoms with van der Waals surface area (Å²) in [7, 11) is 1.59. The van der Waals surface area contributed by atoms with Crippen molar-refractivity contribution in [3.8, 4) is 11.5 Å². The number of anilines is 2. The van der Waals surface area contributed by atoms with Crippen molar-refractivity contribution in [3.05, 3.63) is 60.7 Å². The van der Waals surface area contributed by atoms with Gasteiger partial charge in [-0.1, -0.05) is 30.3 Å². The zero-order chi connectivity index (χ0) is 22.1. The van der Waals surface area contributed by atoms with Gasteiger partial charge in [-0.3, -0.25) is 9.69 Å². The molecule has 2 heterocycles. The fourth-order valence-corrected chi connectivity index (χ4v) is 4.29. The number of benzene rings is 3. The maximum Gasteiger partial charge on any atom is 0.238 e. The number of para-hydroxylation sites is 3. The number of piperazine rings is 1. The number of nitrogens with zero attached hydrogens (tertiary/aromatic N) is 2. The van der Waals surface area contributed by atoms with E-state index in [1.54, 1.807) is 13.2 Å². The molecule has 0 saturated carbocycles. The molecule has 1 amide bonds. The van der Waals surface area contributed by atoms with E-state index in [-0.39, 0.29) is 18.2 Å². The van der Waals surface area contributed by atoms with Gasteiger partial charge in [0.15, 0.2) is 0 Å². The van der Waals surface area contributed by atoms with Gasteiger partial charge >= 0.3 is 0 Å². The van der Waals surface area contributed by atoms with Crippen LogP contribution in [0.2, 0.25) is 0 Å². The number of carbonyl (C=O) groups is 1. The molecular weight excluding hydrogens is 406 g/mol. The highest BCUT2D eigenvalue weighted by atomic mass is 16.5. The number of phenols is 1. The van der Waals surface area contributed by atoms with Crippen molar-refractivity contribution < 1.29 is 19.1 Å². The Morgan fingerprint density at radius 1 is 1.00 bits per heavy atom. The van der Waals surface area contributed by atoms with Crippen molar-refractivity contribution in [1.82, 2.24) is 4.90 Å². The summed E-state index contributed by atoms with van der Waals surface area (Å²) in [6, 6.07) is 18.9. The number of amides is 1. The maximum atomic E-state index is 12.8.